The number of benzene rings is 1. The molecule has 82 valence electrons. The van der Waals surface area contributed by atoms with Gasteiger partial charge in [0.25, 0.3) is 5.91 Å². The summed E-state index contributed by atoms with van der Waals surface area (Å²) in [5.41, 5.74) is 0.378. The summed E-state index contributed by atoms with van der Waals surface area (Å²) in [7, 11) is -0.0143. The van der Waals surface area contributed by atoms with Crippen LogP contribution < -0.4 is 5.14 Å². The lowest BCUT2D eigenvalue weighted by molar-refractivity contribution is 0.0827. The summed E-state index contributed by atoms with van der Waals surface area (Å²) in [5.74, 6) is -0.208. The maximum atomic E-state index is 11.6. The maximum absolute atomic E-state index is 11.6. The van der Waals surface area contributed by atoms with Gasteiger partial charge in [0, 0.05) is 19.7 Å². The highest BCUT2D eigenvalue weighted by Gasteiger charge is 2.10. The summed E-state index contributed by atoms with van der Waals surface area (Å²) < 4.78 is 18.5. The second-order valence-electron chi connectivity index (χ2n) is 3.33. The summed E-state index contributed by atoms with van der Waals surface area (Å²) in [6.07, 6.45) is 0. The van der Waals surface area contributed by atoms with Crippen molar-refractivity contribution in [1.29, 1.82) is 4.78 Å². The van der Waals surface area contributed by atoms with E-state index < -0.39 is 9.92 Å². The molecule has 1 amide bonds. The Kier molecular flexibility index (Phi) is 3.11. The van der Waals surface area contributed by atoms with E-state index >= 15 is 0 Å². The van der Waals surface area contributed by atoms with Gasteiger partial charge in [-0.05, 0) is 18.2 Å². The molecule has 3 N–H and O–H groups in total. The Morgan fingerprint density at radius 1 is 1.47 bits per heavy atom. The normalized spacial score (nSPS) is 14.3. The molecule has 1 unspecified atom stereocenters. The van der Waals surface area contributed by atoms with Gasteiger partial charge in [-0.25, -0.2) is 14.1 Å². The van der Waals surface area contributed by atoms with E-state index in [1.807, 2.05) is 0 Å². The van der Waals surface area contributed by atoms with Crippen LogP contribution in [0.4, 0.5) is 0 Å². The number of amides is 1. The van der Waals surface area contributed by atoms with Crippen molar-refractivity contribution in [2.24, 2.45) is 5.14 Å². The SMILES string of the molecule is CN(C)C(=O)c1cccc(S(=N)(N)=O)c1. The molecule has 0 saturated carbocycles. The summed E-state index contributed by atoms with van der Waals surface area (Å²) >= 11 is 0. The summed E-state index contributed by atoms with van der Waals surface area (Å²) in [4.78, 5) is 13.1. The second-order valence-corrected chi connectivity index (χ2v) is 5.00. The molecule has 0 bridgehead atoms. The smallest absolute Gasteiger partial charge is 0.253 e. The molecule has 0 aromatic heterocycles. The number of nitrogens with one attached hydrogen (secondary N) is 1. The van der Waals surface area contributed by atoms with E-state index in [0.29, 0.717) is 5.56 Å². The minimum Gasteiger partial charge on any atom is -0.345 e. The van der Waals surface area contributed by atoms with Crippen LogP contribution in [0.2, 0.25) is 0 Å². The Balaban J connectivity index is 3.20. The van der Waals surface area contributed by atoms with Gasteiger partial charge in [0.15, 0.2) is 0 Å². The van der Waals surface area contributed by atoms with E-state index in [1.54, 1.807) is 26.2 Å². The minimum absolute atomic E-state index is 0.162. The van der Waals surface area contributed by atoms with Gasteiger partial charge in [-0.2, -0.15) is 0 Å². The Bertz CT molecular complexity index is 480. The van der Waals surface area contributed by atoms with Gasteiger partial charge < -0.3 is 4.90 Å². The second kappa shape index (κ2) is 4.00. The van der Waals surface area contributed by atoms with Crippen LogP contribution >= 0.6 is 0 Å². The van der Waals surface area contributed by atoms with Crippen LogP contribution in [0.3, 0.4) is 0 Å². The molecule has 0 aliphatic heterocycles. The molecule has 0 aliphatic carbocycles. The van der Waals surface area contributed by atoms with Crippen LogP contribution in [0.25, 0.3) is 0 Å². The van der Waals surface area contributed by atoms with E-state index in [0.717, 1.165) is 0 Å². The number of hydrogen-bond donors (Lipinski definition) is 2. The third-order valence-corrected chi connectivity index (χ3v) is 2.79. The van der Waals surface area contributed by atoms with Crippen molar-refractivity contribution in [1.82, 2.24) is 4.90 Å². The van der Waals surface area contributed by atoms with Crippen molar-refractivity contribution in [2.75, 3.05) is 14.1 Å². The quantitative estimate of drug-likeness (QED) is 0.777. The fourth-order valence-electron chi connectivity index (χ4n) is 1.08. The first-order valence-electron chi connectivity index (χ1n) is 4.20. The van der Waals surface area contributed by atoms with Crippen molar-refractivity contribution in [3.63, 3.8) is 0 Å². The van der Waals surface area contributed by atoms with Gasteiger partial charge in [-0.15, -0.1) is 0 Å². The fraction of sp³-hybridized carbons (Fsp3) is 0.222. The Labute approximate surface area is 89.0 Å². The molecule has 0 spiro atoms. The highest BCUT2D eigenvalue weighted by Crippen LogP contribution is 2.11. The lowest BCUT2D eigenvalue weighted by Crippen LogP contribution is -2.22. The highest BCUT2D eigenvalue weighted by atomic mass is 32.2. The molecule has 5 nitrogen and oxygen atoms in total. The first kappa shape index (κ1) is 11.7. The van der Waals surface area contributed by atoms with Crippen LogP contribution in [0.15, 0.2) is 29.2 Å². The molecule has 6 heteroatoms. The fourth-order valence-corrected chi connectivity index (χ4v) is 1.66. The molecular weight excluding hydrogens is 214 g/mol. The zero-order valence-electron chi connectivity index (χ0n) is 8.56. The molecular formula is C9H13N3O2S. The molecule has 0 heterocycles. The van der Waals surface area contributed by atoms with Gasteiger partial charge in [0.2, 0.25) is 0 Å². The van der Waals surface area contributed by atoms with Gasteiger partial charge in [0.1, 0.15) is 9.92 Å². The topological polar surface area (TPSA) is 87.2 Å². The highest BCUT2D eigenvalue weighted by molar-refractivity contribution is 7.90. The average molecular weight is 227 g/mol. The Hall–Kier alpha value is -1.40. The van der Waals surface area contributed by atoms with Gasteiger partial charge in [-0.1, -0.05) is 6.07 Å². The molecule has 1 rings (SSSR count). The molecule has 0 fully saturated rings. The third-order valence-electron chi connectivity index (χ3n) is 1.84. The maximum Gasteiger partial charge on any atom is 0.253 e. The van der Waals surface area contributed by atoms with E-state index in [9.17, 15) is 9.00 Å². The monoisotopic (exact) mass is 227 g/mol. The van der Waals surface area contributed by atoms with Crippen molar-refractivity contribution >= 4 is 15.8 Å². The zero-order chi connectivity index (χ0) is 11.6. The summed E-state index contributed by atoms with van der Waals surface area (Å²) in [6, 6.07) is 6.02. The Morgan fingerprint density at radius 3 is 2.53 bits per heavy atom. The Morgan fingerprint density at radius 2 is 2.07 bits per heavy atom. The van der Waals surface area contributed by atoms with Crippen LogP contribution in [-0.4, -0.2) is 29.1 Å². The van der Waals surface area contributed by atoms with E-state index in [4.69, 9.17) is 9.92 Å². The first-order chi connectivity index (χ1) is 6.82. The minimum atomic E-state index is -3.26. The molecule has 1 atom stereocenters. The van der Waals surface area contributed by atoms with Crippen LogP contribution in [0.1, 0.15) is 10.4 Å². The van der Waals surface area contributed by atoms with E-state index in [1.165, 1.54) is 17.0 Å². The predicted octanol–water partition coefficient (Wildman–Crippen LogP) is 0.668. The van der Waals surface area contributed by atoms with Crippen molar-refractivity contribution in [2.45, 2.75) is 4.90 Å². The lowest BCUT2D eigenvalue weighted by atomic mass is 10.2. The molecule has 1 aromatic carbocycles. The lowest BCUT2D eigenvalue weighted by Gasteiger charge is -2.10. The summed E-state index contributed by atoms with van der Waals surface area (Å²) in [6.45, 7) is 0. The largest absolute Gasteiger partial charge is 0.345 e. The molecule has 0 aliphatic rings. The van der Waals surface area contributed by atoms with E-state index in [-0.39, 0.29) is 10.8 Å². The number of nitrogens with zero attached hydrogens (tertiary/aromatic N) is 1. The van der Waals surface area contributed by atoms with Gasteiger partial charge >= 0.3 is 0 Å². The number of nitrogens with two attached hydrogens (primary N) is 1. The zero-order valence-corrected chi connectivity index (χ0v) is 9.38. The van der Waals surface area contributed by atoms with Gasteiger partial charge in [-0.3, -0.25) is 4.79 Å². The molecule has 0 saturated heterocycles. The molecule has 1 aromatic rings. The van der Waals surface area contributed by atoms with Crippen LogP contribution in [0.5, 0.6) is 0 Å². The van der Waals surface area contributed by atoms with Gasteiger partial charge in [0.05, 0.1) is 4.90 Å². The number of rotatable bonds is 2. The first-order valence-corrected chi connectivity index (χ1v) is 5.83. The van der Waals surface area contributed by atoms with E-state index in [2.05, 4.69) is 0 Å². The number of carbonyl (C=O) groups is 1. The molecule has 0 radical (unpaired) electrons. The summed E-state index contributed by atoms with van der Waals surface area (Å²) in [5, 5.41) is 5.17. The molecule has 15 heavy (non-hydrogen) atoms. The predicted molar refractivity (Wildman–Crippen MR) is 57.8 cm³/mol. The van der Waals surface area contributed by atoms with Crippen LogP contribution in [0, 0.1) is 4.78 Å². The standard InChI is InChI=1S/C9H13N3O2S/c1-12(2)9(13)7-4-3-5-8(6-7)15(10,11)14/h3-6H,1-2H3,(H3,10,11,14). The number of carbonyl (C=O) groups excluding carboxylic acids is 1. The van der Waals surface area contributed by atoms with Crippen LogP contribution in [-0.2, 0) is 9.92 Å². The average Bonchev–Trinajstić information content (AvgIpc) is 2.15. The van der Waals surface area contributed by atoms with Crippen molar-refractivity contribution in [3.8, 4) is 0 Å². The van der Waals surface area contributed by atoms with Crippen molar-refractivity contribution < 1.29 is 9.00 Å². The third kappa shape index (κ3) is 2.77. The van der Waals surface area contributed by atoms with Crippen molar-refractivity contribution in [3.05, 3.63) is 29.8 Å². The number of hydrogen-bond acceptors (Lipinski definition) is 3.